The summed E-state index contributed by atoms with van der Waals surface area (Å²) in [5.41, 5.74) is 1.06. The summed E-state index contributed by atoms with van der Waals surface area (Å²) in [6, 6.07) is 10.2. The molecule has 1 aliphatic heterocycles. The summed E-state index contributed by atoms with van der Waals surface area (Å²) >= 11 is 0. The van der Waals surface area contributed by atoms with E-state index in [2.05, 4.69) is 17.3 Å². The molecule has 1 aliphatic rings. The Morgan fingerprint density at radius 3 is 3.18 bits per heavy atom. The fourth-order valence-corrected chi connectivity index (χ4v) is 2.08. The molecule has 4 heteroatoms. The predicted octanol–water partition coefficient (Wildman–Crippen LogP) is 1.70. The maximum atomic E-state index is 8.46. The molecule has 1 saturated heterocycles. The highest BCUT2D eigenvalue weighted by Crippen LogP contribution is 2.20. The van der Waals surface area contributed by atoms with Crippen LogP contribution in [0.15, 0.2) is 24.3 Å². The van der Waals surface area contributed by atoms with Crippen molar-refractivity contribution in [3.8, 4) is 11.8 Å². The average molecular weight is 231 g/mol. The van der Waals surface area contributed by atoms with E-state index in [1.807, 2.05) is 30.3 Å². The molecule has 90 valence electrons. The van der Waals surface area contributed by atoms with Crippen molar-refractivity contribution in [3.63, 3.8) is 0 Å². The number of nitrogens with zero attached hydrogens (tertiary/aromatic N) is 2. The van der Waals surface area contributed by atoms with Crippen molar-refractivity contribution in [2.75, 3.05) is 32.1 Å². The molecular formula is C13H17N3O. The molecular weight excluding hydrogens is 214 g/mol. The van der Waals surface area contributed by atoms with Gasteiger partial charge in [0.25, 0.3) is 0 Å². The van der Waals surface area contributed by atoms with Gasteiger partial charge in [0.2, 0.25) is 0 Å². The van der Waals surface area contributed by atoms with E-state index in [-0.39, 0.29) is 6.61 Å². The molecule has 1 atom stereocenters. The fraction of sp³-hybridized carbons (Fsp3) is 0.462. The van der Waals surface area contributed by atoms with E-state index in [4.69, 9.17) is 10.00 Å². The number of hydrogen-bond donors (Lipinski definition) is 1. The molecule has 0 radical (unpaired) electrons. The summed E-state index contributed by atoms with van der Waals surface area (Å²) in [5, 5.41) is 11.9. The molecule has 1 aromatic carbocycles. The predicted molar refractivity (Wildman–Crippen MR) is 67.1 cm³/mol. The number of benzene rings is 1. The van der Waals surface area contributed by atoms with Crippen molar-refractivity contribution in [1.82, 2.24) is 4.90 Å². The lowest BCUT2D eigenvalue weighted by Crippen LogP contribution is -2.23. The molecule has 1 unspecified atom stereocenters. The normalized spacial score (nSPS) is 19.9. The number of likely N-dealkylation sites (tertiary alicyclic amines) is 1. The Hall–Kier alpha value is -1.73. The van der Waals surface area contributed by atoms with Gasteiger partial charge in [-0.25, -0.2) is 0 Å². The van der Waals surface area contributed by atoms with Gasteiger partial charge in [0.05, 0.1) is 0 Å². The molecule has 1 fully saturated rings. The van der Waals surface area contributed by atoms with Gasteiger partial charge >= 0.3 is 0 Å². The van der Waals surface area contributed by atoms with Crippen molar-refractivity contribution in [3.05, 3.63) is 24.3 Å². The Kier molecular flexibility index (Phi) is 3.84. The number of ether oxygens (including phenoxy) is 1. The first-order valence-electron chi connectivity index (χ1n) is 5.83. The number of likely N-dealkylation sites (N-methyl/N-ethyl adjacent to an activating group) is 1. The third kappa shape index (κ3) is 3.36. The lowest BCUT2D eigenvalue weighted by Gasteiger charge is -2.14. The van der Waals surface area contributed by atoms with Gasteiger partial charge < -0.3 is 15.0 Å². The lowest BCUT2D eigenvalue weighted by atomic mass is 10.2. The molecule has 0 aromatic heterocycles. The minimum atomic E-state index is 0.0929. The van der Waals surface area contributed by atoms with Gasteiger partial charge in [-0.2, -0.15) is 5.26 Å². The molecule has 1 aromatic rings. The van der Waals surface area contributed by atoms with E-state index in [1.54, 1.807) is 0 Å². The molecule has 0 amide bonds. The number of rotatable bonds is 4. The summed E-state index contributed by atoms with van der Waals surface area (Å²) in [6.07, 6.45) is 1.17. The molecule has 2 rings (SSSR count). The van der Waals surface area contributed by atoms with Gasteiger partial charge in [-0.15, -0.1) is 0 Å². The monoisotopic (exact) mass is 231 g/mol. The summed E-state index contributed by atoms with van der Waals surface area (Å²) in [6.45, 7) is 2.31. The van der Waals surface area contributed by atoms with Crippen LogP contribution in [0.25, 0.3) is 0 Å². The first kappa shape index (κ1) is 11.7. The van der Waals surface area contributed by atoms with E-state index in [0.29, 0.717) is 6.04 Å². The van der Waals surface area contributed by atoms with Crippen LogP contribution < -0.4 is 10.1 Å². The first-order valence-corrected chi connectivity index (χ1v) is 5.83. The topological polar surface area (TPSA) is 48.3 Å². The van der Waals surface area contributed by atoms with Crippen molar-refractivity contribution in [2.45, 2.75) is 12.5 Å². The van der Waals surface area contributed by atoms with E-state index in [9.17, 15) is 0 Å². The van der Waals surface area contributed by atoms with Gasteiger partial charge in [-0.3, -0.25) is 0 Å². The molecule has 0 spiro atoms. The van der Waals surface area contributed by atoms with E-state index in [0.717, 1.165) is 24.5 Å². The van der Waals surface area contributed by atoms with Crippen LogP contribution in [0.5, 0.6) is 5.75 Å². The molecule has 0 bridgehead atoms. The van der Waals surface area contributed by atoms with Gasteiger partial charge in [0, 0.05) is 24.3 Å². The molecule has 4 nitrogen and oxygen atoms in total. The number of anilines is 1. The summed E-state index contributed by atoms with van der Waals surface area (Å²) in [7, 11) is 2.13. The van der Waals surface area contributed by atoms with E-state index >= 15 is 0 Å². The van der Waals surface area contributed by atoms with Crippen molar-refractivity contribution < 1.29 is 4.74 Å². The van der Waals surface area contributed by atoms with Gasteiger partial charge in [-0.1, -0.05) is 6.07 Å². The summed E-state index contributed by atoms with van der Waals surface area (Å²) in [5.74, 6) is 0.739. The zero-order chi connectivity index (χ0) is 12.1. The second kappa shape index (κ2) is 5.55. The second-order valence-electron chi connectivity index (χ2n) is 4.37. The number of nitrogens with one attached hydrogen (secondary N) is 1. The minimum Gasteiger partial charge on any atom is -0.479 e. The van der Waals surface area contributed by atoms with Gasteiger partial charge in [0.15, 0.2) is 6.61 Å². The SMILES string of the molecule is CN1CCC(Nc2cccc(OCC#N)c2)C1. The molecule has 17 heavy (non-hydrogen) atoms. The first-order chi connectivity index (χ1) is 8.28. The third-order valence-corrected chi connectivity index (χ3v) is 2.90. The van der Waals surface area contributed by atoms with E-state index in [1.165, 1.54) is 6.42 Å². The molecule has 0 aliphatic carbocycles. The van der Waals surface area contributed by atoms with Crippen molar-refractivity contribution in [1.29, 1.82) is 5.26 Å². The Labute approximate surface area is 102 Å². The Morgan fingerprint density at radius 2 is 2.47 bits per heavy atom. The lowest BCUT2D eigenvalue weighted by molar-refractivity contribution is 0.368. The quantitative estimate of drug-likeness (QED) is 0.857. The van der Waals surface area contributed by atoms with Crippen LogP contribution in [0, 0.1) is 11.3 Å². The van der Waals surface area contributed by atoms with Crippen LogP contribution in [-0.2, 0) is 0 Å². The highest BCUT2D eigenvalue weighted by Gasteiger charge is 2.18. The minimum absolute atomic E-state index is 0.0929. The van der Waals surface area contributed by atoms with Crippen LogP contribution in [-0.4, -0.2) is 37.7 Å². The molecule has 1 heterocycles. The Bertz CT molecular complexity index is 413. The molecule has 1 N–H and O–H groups in total. The zero-order valence-electron chi connectivity index (χ0n) is 10.0. The third-order valence-electron chi connectivity index (χ3n) is 2.90. The van der Waals surface area contributed by atoms with Crippen LogP contribution in [0.4, 0.5) is 5.69 Å². The van der Waals surface area contributed by atoms with Gasteiger partial charge in [-0.05, 0) is 32.1 Å². The van der Waals surface area contributed by atoms with Crippen LogP contribution in [0.3, 0.4) is 0 Å². The second-order valence-corrected chi connectivity index (χ2v) is 4.37. The van der Waals surface area contributed by atoms with Crippen molar-refractivity contribution in [2.24, 2.45) is 0 Å². The van der Waals surface area contributed by atoms with Crippen molar-refractivity contribution >= 4 is 5.69 Å². The Balaban J connectivity index is 1.94. The average Bonchev–Trinajstić information content (AvgIpc) is 2.73. The fourth-order valence-electron chi connectivity index (χ4n) is 2.08. The number of nitriles is 1. The Morgan fingerprint density at radius 1 is 1.59 bits per heavy atom. The van der Waals surface area contributed by atoms with E-state index < -0.39 is 0 Å². The summed E-state index contributed by atoms with van der Waals surface area (Å²) in [4.78, 5) is 2.31. The van der Waals surface area contributed by atoms with Crippen LogP contribution >= 0.6 is 0 Å². The summed E-state index contributed by atoms with van der Waals surface area (Å²) < 4.78 is 5.27. The standard InChI is InChI=1S/C13H17N3O/c1-16-7-5-12(10-16)15-11-3-2-4-13(9-11)17-8-6-14/h2-4,9,12,15H,5,7-8,10H2,1H3. The van der Waals surface area contributed by atoms with Gasteiger partial charge in [0.1, 0.15) is 11.8 Å². The largest absolute Gasteiger partial charge is 0.479 e. The smallest absolute Gasteiger partial charge is 0.174 e. The zero-order valence-corrected chi connectivity index (χ0v) is 10.0. The maximum absolute atomic E-state index is 8.46. The van der Waals surface area contributed by atoms with Crippen LogP contribution in [0.1, 0.15) is 6.42 Å². The number of hydrogen-bond acceptors (Lipinski definition) is 4. The molecule has 0 saturated carbocycles. The maximum Gasteiger partial charge on any atom is 0.174 e. The van der Waals surface area contributed by atoms with Crippen LogP contribution in [0.2, 0.25) is 0 Å². The highest BCUT2D eigenvalue weighted by molar-refractivity contribution is 5.49. The highest BCUT2D eigenvalue weighted by atomic mass is 16.5.